The van der Waals surface area contributed by atoms with Crippen LogP contribution >= 0.6 is 0 Å². The molecule has 0 aromatic heterocycles. The van der Waals surface area contributed by atoms with Crippen LogP contribution < -0.4 is 0 Å². The summed E-state index contributed by atoms with van der Waals surface area (Å²) in [6, 6.07) is 0. The summed E-state index contributed by atoms with van der Waals surface area (Å²) >= 11 is 0. The van der Waals surface area contributed by atoms with Crippen LogP contribution in [0.25, 0.3) is 0 Å². The number of rotatable bonds is 0. The molecule has 1 fully saturated rings. The quantitative estimate of drug-likeness (QED) is 0.504. The third-order valence-electron chi connectivity index (χ3n) is 1.63. The summed E-state index contributed by atoms with van der Waals surface area (Å²) in [5, 5.41) is 0. The molecule has 1 aliphatic heterocycles. The average Bonchev–Trinajstić information content (AvgIpc) is 1.54. The summed E-state index contributed by atoms with van der Waals surface area (Å²) in [5.41, 5.74) is 0. The van der Waals surface area contributed by atoms with E-state index in [1.165, 1.54) is 0 Å². The van der Waals surface area contributed by atoms with Crippen molar-refractivity contribution in [1.82, 2.24) is 0 Å². The van der Waals surface area contributed by atoms with E-state index in [9.17, 15) is 0 Å². The molecule has 3 heteroatoms. The van der Waals surface area contributed by atoms with Gasteiger partial charge in [0.25, 0.3) is 0 Å². The van der Waals surface area contributed by atoms with Crippen LogP contribution in [0.15, 0.2) is 0 Å². The second kappa shape index (κ2) is 2.64. The van der Waals surface area contributed by atoms with Crippen LogP contribution in [0, 0.1) is 0 Å². The van der Waals surface area contributed by atoms with E-state index in [4.69, 9.17) is 8.85 Å². The molecule has 0 bridgehead atoms. The molecule has 1 heterocycles. The third-order valence-corrected chi connectivity index (χ3v) is 3.57. The van der Waals surface area contributed by atoms with E-state index >= 15 is 0 Å². The Morgan fingerprint density at radius 2 is 1.50 bits per heavy atom. The summed E-state index contributed by atoms with van der Waals surface area (Å²) in [4.78, 5) is 0. The van der Waals surface area contributed by atoms with E-state index in [-0.39, 0.29) is 0 Å². The van der Waals surface area contributed by atoms with Gasteiger partial charge in [0.05, 0.1) is 0 Å². The highest BCUT2D eigenvalue weighted by Crippen LogP contribution is 2.22. The van der Waals surface area contributed by atoms with Gasteiger partial charge in [-0.25, -0.2) is 0 Å². The highest BCUT2D eigenvalue weighted by Gasteiger charge is 2.34. The Bertz CT molecular complexity index is 113. The van der Waals surface area contributed by atoms with Gasteiger partial charge in [-0.3, -0.25) is 0 Å². The third kappa shape index (κ3) is 2.07. The minimum atomic E-state index is -1.72. The molecule has 2 nitrogen and oxygen atoms in total. The van der Waals surface area contributed by atoms with Crippen molar-refractivity contribution in [2.75, 3.05) is 0 Å². The lowest BCUT2D eigenvalue weighted by atomic mass is 10.2. The van der Waals surface area contributed by atoms with Crippen molar-refractivity contribution >= 4 is 8.56 Å². The SMILES string of the molecule is CC1CC(C)O[Si](C)(C)O1. The zero-order valence-corrected chi connectivity index (χ0v) is 8.18. The van der Waals surface area contributed by atoms with Crippen molar-refractivity contribution in [1.29, 1.82) is 0 Å². The van der Waals surface area contributed by atoms with Crippen LogP contribution in [0.4, 0.5) is 0 Å². The minimum Gasteiger partial charge on any atom is -0.392 e. The first kappa shape index (κ1) is 8.24. The molecule has 60 valence electrons. The first-order valence-electron chi connectivity index (χ1n) is 3.85. The lowest BCUT2D eigenvalue weighted by molar-refractivity contribution is 0.0208. The van der Waals surface area contributed by atoms with Crippen molar-refractivity contribution in [2.45, 2.75) is 45.6 Å². The van der Waals surface area contributed by atoms with Crippen molar-refractivity contribution in [3.63, 3.8) is 0 Å². The van der Waals surface area contributed by atoms with Gasteiger partial charge >= 0.3 is 8.56 Å². The summed E-state index contributed by atoms with van der Waals surface area (Å²) in [6.45, 7) is 8.43. The normalized spacial score (nSPS) is 39.6. The minimum absolute atomic E-state index is 0.394. The van der Waals surface area contributed by atoms with Crippen molar-refractivity contribution < 1.29 is 8.85 Å². The molecule has 0 amide bonds. The van der Waals surface area contributed by atoms with Gasteiger partial charge in [-0.1, -0.05) is 0 Å². The molecular formula is C7H16O2Si. The van der Waals surface area contributed by atoms with E-state index < -0.39 is 8.56 Å². The molecule has 1 saturated heterocycles. The molecule has 0 saturated carbocycles. The van der Waals surface area contributed by atoms with Crippen LogP contribution in [0.5, 0.6) is 0 Å². The number of hydrogen-bond acceptors (Lipinski definition) is 2. The Kier molecular flexibility index (Phi) is 2.17. The Hall–Kier alpha value is 0.137. The lowest BCUT2D eigenvalue weighted by Gasteiger charge is -2.36. The van der Waals surface area contributed by atoms with Gasteiger partial charge in [-0.15, -0.1) is 0 Å². The fourth-order valence-electron chi connectivity index (χ4n) is 1.56. The van der Waals surface area contributed by atoms with Crippen LogP contribution in [-0.2, 0) is 8.85 Å². The van der Waals surface area contributed by atoms with E-state index in [0.717, 1.165) is 6.42 Å². The van der Waals surface area contributed by atoms with Gasteiger partial charge < -0.3 is 8.85 Å². The molecule has 0 aromatic rings. The van der Waals surface area contributed by atoms with Gasteiger partial charge in [0.15, 0.2) is 0 Å². The summed E-state index contributed by atoms with van der Waals surface area (Å²) in [5.74, 6) is 0. The largest absolute Gasteiger partial charge is 0.392 e. The second-order valence-corrected chi connectivity index (χ2v) is 6.76. The molecule has 1 aliphatic rings. The maximum Gasteiger partial charge on any atom is 0.332 e. The summed E-state index contributed by atoms with van der Waals surface area (Å²) in [6.07, 6.45) is 1.83. The summed E-state index contributed by atoms with van der Waals surface area (Å²) < 4.78 is 11.3. The highest BCUT2D eigenvalue weighted by molar-refractivity contribution is 6.64. The molecule has 0 radical (unpaired) electrons. The van der Waals surface area contributed by atoms with E-state index in [2.05, 4.69) is 26.9 Å². The van der Waals surface area contributed by atoms with Crippen molar-refractivity contribution in [3.05, 3.63) is 0 Å². The predicted octanol–water partition coefficient (Wildman–Crippen LogP) is 1.90. The number of hydrogen-bond donors (Lipinski definition) is 0. The van der Waals surface area contributed by atoms with Crippen molar-refractivity contribution in [3.8, 4) is 0 Å². The molecule has 1 rings (SSSR count). The standard InChI is InChI=1S/C7H16O2Si/c1-6-5-7(2)9-10(3,4)8-6/h6-7H,5H2,1-4H3. The Morgan fingerprint density at radius 3 is 1.80 bits per heavy atom. The van der Waals surface area contributed by atoms with Gasteiger partial charge in [-0.2, -0.15) is 0 Å². The smallest absolute Gasteiger partial charge is 0.332 e. The lowest BCUT2D eigenvalue weighted by Crippen LogP contribution is -2.46. The molecule has 10 heavy (non-hydrogen) atoms. The zero-order chi connectivity index (χ0) is 7.78. The Labute approximate surface area is 63.8 Å². The monoisotopic (exact) mass is 160 g/mol. The van der Waals surface area contributed by atoms with Crippen LogP contribution in [0.2, 0.25) is 13.1 Å². The predicted molar refractivity (Wildman–Crippen MR) is 43.2 cm³/mol. The second-order valence-electron chi connectivity index (χ2n) is 3.49. The van der Waals surface area contributed by atoms with Gasteiger partial charge in [0, 0.05) is 12.2 Å². The van der Waals surface area contributed by atoms with Crippen LogP contribution in [-0.4, -0.2) is 20.8 Å². The fraction of sp³-hybridized carbons (Fsp3) is 1.00. The highest BCUT2D eigenvalue weighted by atomic mass is 28.4. The fourth-order valence-corrected chi connectivity index (χ4v) is 3.75. The molecular weight excluding hydrogens is 144 g/mol. The molecule has 0 aromatic carbocycles. The van der Waals surface area contributed by atoms with E-state index in [1.807, 2.05) is 0 Å². The van der Waals surface area contributed by atoms with Crippen molar-refractivity contribution in [2.24, 2.45) is 0 Å². The van der Waals surface area contributed by atoms with E-state index in [1.54, 1.807) is 0 Å². The van der Waals surface area contributed by atoms with Crippen LogP contribution in [0.1, 0.15) is 20.3 Å². The summed E-state index contributed by atoms with van der Waals surface area (Å²) in [7, 11) is -1.72. The first-order chi connectivity index (χ1) is 4.49. The maximum absolute atomic E-state index is 5.66. The average molecular weight is 160 g/mol. The maximum atomic E-state index is 5.66. The van der Waals surface area contributed by atoms with Crippen LogP contribution in [0.3, 0.4) is 0 Å². The van der Waals surface area contributed by atoms with E-state index in [0.29, 0.717) is 12.2 Å². The molecule has 2 atom stereocenters. The molecule has 0 N–H and O–H groups in total. The first-order valence-corrected chi connectivity index (χ1v) is 6.67. The molecule has 2 unspecified atom stereocenters. The van der Waals surface area contributed by atoms with Gasteiger partial charge in [0.1, 0.15) is 0 Å². The molecule has 0 spiro atoms. The zero-order valence-electron chi connectivity index (χ0n) is 7.18. The van der Waals surface area contributed by atoms with Gasteiger partial charge in [-0.05, 0) is 33.4 Å². The Morgan fingerprint density at radius 1 is 1.10 bits per heavy atom. The topological polar surface area (TPSA) is 18.5 Å². The molecule has 0 aliphatic carbocycles. The Balaban J connectivity index is 2.51. The van der Waals surface area contributed by atoms with Gasteiger partial charge in [0.2, 0.25) is 0 Å².